The van der Waals surface area contributed by atoms with Crippen LogP contribution in [0.4, 0.5) is 5.69 Å². The molecule has 2 aliphatic rings. The molecule has 0 spiro atoms. The number of carbonyl (C=O) groups excluding carboxylic acids is 3. The quantitative estimate of drug-likeness (QED) is 0.560. The van der Waals surface area contributed by atoms with Gasteiger partial charge in [0.1, 0.15) is 23.2 Å². The fourth-order valence-corrected chi connectivity index (χ4v) is 2.76. The zero-order valence-corrected chi connectivity index (χ0v) is 13.9. The van der Waals surface area contributed by atoms with Crippen molar-refractivity contribution in [3.05, 3.63) is 29.5 Å². The van der Waals surface area contributed by atoms with Crippen LogP contribution in [0.1, 0.15) is 6.92 Å². The number of nitrogens with one attached hydrogen (secondary N) is 2. The Morgan fingerprint density at radius 3 is 2.64 bits per heavy atom. The lowest BCUT2D eigenvalue weighted by atomic mass is 10.1. The second kappa shape index (κ2) is 6.44. The number of hydrogen-bond acceptors (Lipinski definition) is 8. The average molecular weight is 347 g/mol. The highest BCUT2D eigenvalue weighted by molar-refractivity contribution is 6.33. The van der Waals surface area contributed by atoms with Crippen LogP contribution in [0.3, 0.4) is 0 Å². The van der Waals surface area contributed by atoms with Gasteiger partial charge in [0, 0.05) is 6.07 Å². The summed E-state index contributed by atoms with van der Waals surface area (Å²) in [5, 5.41) is 0. The number of fused-ring (bicyclic) bond motifs is 1. The van der Waals surface area contributed by atoms with E-state index in [1.54, 1.807) is 19.1 Å². The summed E-state index contributed by atoms with van der Waals surface area (Å²) in [6.07, 6.45) is 0. The first-order chi connectivity index (χ1) is 12.0. The maximum absolute atomic E-state index is 12.8. The predicted molar refractivity (Wildman–Crippen MR) is 85.8 cm³/mol. The Bertz CT molecular complexity index is 788. The first-order valence-corrected chi connectivity index (χ1v) is 7.56. The molecule has 2 aliphatic heterocycles. The summed E-state index contributed by atoms with van der Waals surface area (Å²) in [4.78, 5) is 38.5. The van der Waals surface area contributed by atoms with E-state index in [-0.39, 0.29) is 23.6 Å². The Morgan fingerprint density at radius 1 is 1.24 bits per heavy atom. The Balaban J connectivity index is 2.06. The summed E-state index contributed by atoms with van der Waals surface area (Å²) >= 11 is 0. The van der Waals surface area contributed by atoms with E-state index in [1.807, 2.05) is 0 Å². The van der Waals surface area contributed by atoms with Gasteiger partial charge in [-0.3, -0.25) is 9.59 Å². The van der Waals surface area contributed by atoms with E-state index in [0.29, 0.717) is 11.5 Å². The van der Waals surface area contributed by atoms with Gasteiger partial charge in [-0.05, 0) is 19.1 Å². The fraction of sp³-hybridized carbons (Fsp3) is 0.312. The number of anilines is 1. The predicted octanol–water partition coefficient (Wildman–Crippen LogP) is -0.129. The molecule has 1 fully saturated rings. The molecule has 2 amide bonds. The third-order valence-corrected chi connectivity index (χ3v) is 3.91. The van der Waals surface area contributed by atoms with Crippen LogP contribution in [0.2, 0.25) is 0 Å². The van der Waals surface area contributed by atoms with Crippen LogP contribution < -0.4 is 25.2 Å². The van der Waals surface area contributed by atoms with E-state index in [0.717, 1.165) is 4.90 Å². The largest absolute Gasteiger partial charge is 0.497 e. The number of nitrogens with zero attached hydrogens (tertiary/aromatic N) is 1. The summed E-state index contributed by atoms with van der Waals surface area (Å²) in [6, 6.07) is 3.79. The molecule has 0 aliphatic carbocycles. The lowest BCUT2D eigenvalue weighted by Crippen LogP contribution is -2.42. The monoisotopic (exact) mass is 347 g/mol. The van der Waals surface area contributed by atoms with Gasteiger partial charge < -0.3 is 19.6 Å². The zero-order chi connectivity index (χ0) is 18.1. The van der Waals surface area contributed by atoms with Crippen LogP contribution in [0, 0.1) is 0 Å². The number of benzene rings is 1. The van der Waals surface area contributed by atoms with Crippen LogP contribution in [-0.2, 0) is 19.1 Å². The molecular formula is C16H17N3O6. The van der Waals surface area contributed by atoms with Gasteiger partial charge in [0.05, 0.1) is 32.1 Å². The Morgan fingerprint density at radius 2 is 2.00 bits per heavy atom. The number of hydrazine groups is 1. The molecule has 132 valence electrons. The van der Waals surface area contributed by atoms with Crippen molar-refractivity contribution >= 4 is 23.5 Å². The summed E-state index contributed by atoms with van der Waals surface area (Å²) in [6.45, 7) is 1.80. The molecule has 2 heterocycles. The standard InChI is InChI=1S/C16H17N3O6/c1-4-25-16(22)13-11-12(17-18-13)15(21)19(14(11)20)9-7-8(23-2)5-6-10(9)24-3/h5-7,12,17-18H,4H2,1-3H3. The number of imide groups is 1. The molecule has 1 aromatic rings. The number of hydrogen-bond donors (Lipinski definition) is 2. The van der Waals surface area contributed by atoms with Gasteiger partial charge >= 0.3 is 5.97 Å². The molecule has 0 bridgehead atoms. The molecule has 0 aromatic heterocycles. The van der Waals surface area contributed by atoms with E-state index in [1.165, 1.54) is 20.3 Å². The van der Waals surface area contributed by atoms with Gasteiger partial charge in [0.15, 0.2) is 0 Å². The molecule has 1 saturated heterocycles. The minimum absolute atomic E-state index is 0.0216. The summed E-state index contributed by atoms with van der Waals surface area (Å²) in [5.74, 6) is -1.07. The summed E-state index contributed by atoms with van der Waals surface area (Å²) in [5.41, 5.74) is 5.40. The van der Waals surface area contributed by atoms with Crippen molar-refractivity contribution in [3.63, 3.8) is 0 Å². The van der Waals surface area contributed by atoms with Gasteiger partial charge in [-0.2, -0.15) is 0 Å². The van der Waals surface area contributed by atoms with E-state index >= 15 is 0 Å². The van der Waals surface area contributed by atoms with Crippen molar-refractivity contribution in [1.82, 2.24) is 10.9 Å². The molecular weight excluding hydrogens is 330 g/mol. The SMILES string of the molecule is CCOC(=O)C1=C2C(=O)N(c3cc(OC)ccc3OC)C(=O)C2NN1. The highest BCUT2D eigenvalue weighted by Gasteiger charge is 2.51. The Labute approximate surface area is 143 Å². The Hall–Kier alpha value is -3.07. The zero-order valence-electron chi connectivity index (χ0n) is 13.9. The minimum atomic E-state index is -0.970. The molecule has 1 aromatic carbocycles. The molecule has 0 saturated carbocycles. The van der Waals surface area contributed by atoms with Gasteiger partial charge in [-0.1, -0.05) is 0 Å². The molecule has 2 N–H and O–H groups in total. The smallest absolute Gasteiger partial charge is 0.356 e. The lowest BCUT2D eigenvalue weighted by Gasteiger charge is -2.19. The topological polar surface area (TPSA) is 106 Å². The number of carbonyl (C=O) groups is 3. The first kappa shape index (κ1) is 16.8. The first-order valence-electron chi connectivity index (χ1n) is 7.56. The van der Waals surface area contributed by atoms with Gasteiger partial charge in [-0.25, -0.2) is 15.1 Å². The summed E-state index contributed by atoms with van der Waals surface area (Å²) < 4.78 is 15.3. The normalized spacial score (nSPS) is 19.0. The molecule has 9 heteroatoms. The van der Waals surface area contributed by atoms with Crippen molar-refractivity contribution in [2.24, 2.45) is 0 Å². The van der Waals surface area contributed by atoms with Crippen LogP contribution in [0.5, 0.6) is 11.5 Å². The Kier molecular flexibility index (Phi) is 4.32. The second-order valence-electron chi connectivity index (χ2n) is 5.23. The van der Waals surface area contributed by atoms with Crippen molar-refractivity contribution in [2.75, 3.05) is 25.7 Å². The molecule has 25 heavy (non-hydrogen) atoms. The van der Waals surface area contributed by atoms with Crippen molar-refractivity contribution in [3.8, 4) is 11.5 Å². The van der Waals surface area contributed by atoms with Gasteiger partial charge in [0.2, 0.25) is 0 Å². The van der Waals surface area contributed by atoms with Gasteiger partial charge in [-0.15, -0.1) is 0 Å². The van der Waals surface area contributed by atoms with E-state index in [2.05, 4.69) is 10.9 Å². The maximum atomic E-state index is 12.8. The maximum Gasteiger partial charge on any atom is 0.356 e. The van der Waals surface area contributed by atoms with Crippen LogP contribution >= 0.6 is 0 Å². The fourth-order valence-electron chi connectivity index (χ4n) is 2.76. The highest BCUT2D eigenvalue weighted by atomic mass is 16.5. The van der Waals surface area contributed by atoms with E-state index in [4.69, 9.17) is 14.2 Å². The average Bonchev–Trinajstić information content (AvgIpc) is 3.15. The number of esters is 1. The summed E-state index contributed by atoms with van der Waals surface area (Å²) in [7, 11) is 2.90. The third-order valence-electron chi connectivity index (χ3n) is 3.91. The second-order valence-corrected chi connectivity index (χ2v) is 5.23. The lowest BCUT2D eigenvalue weighted by molar-refractivity contribution is -0.139. The molecule has 3 rings (SSSR count). The van der Waals surface area contributed by atoms with Crippen molar-refractivity contribution < 1.29 is 28.6 Å². The number of ether oxygens (including phenoxy) is 3. The van der Waals surface area contributed by atoms with Gasteiger partial charge in [0.25, 0.3) is 11.8 Å². The number of rotatable bonds is 5. The van der Waals surface area contributed by atoms with Crippen LogP contribution in [0.25, 0.3) is 0 Å². The molecule has 9 nitrogen and oxygen atoms in total. The van der Waals surface area contributed by atoms with Crippen molar-refractivity contribution in [1.29, 1.82) is 0 Å². The molecule has 1 atom stereocenters. The third kappa shape index (κ3) is 2.58. The van der Waals surface area contributed by atoms with Crippen molar-refractivity contribution in [2.45, 2.75) is 13.0 Å². The molecule has 0 radical (unpaired) electrons. The van der Waals surface area contributed by atoms with Crippen LogP contribution in [-0.4, -0.2) is 44.7 Å². The van der Waals surface area contributed by atoms with E-state index < -0.39 is 23.8 Å². The van der Waals surface area contributed by atoms with E-state index in [9.17, 15) is 14.4 Å². The molecule has 1 unspecified atom stereocenters. The van der Waals surface area contributed by atoms with Crippen LogP contribution in [0.15, 0.2) is 29.5 Å². The number of amides is 2. The highest BCUT2D eigenvalue weighted by Crippen LogP contribution is 2.38. The number of methoxy groups -OCH3 is 2. The minimum Gasteiger partial charge on any atom is -0.497 e.